The first-order chi connectivity index (χ1) is 28.0. The van der Waals surface area contributed by atoms with Gasteiger partial charge in [-0.2, -0.15) is 0 Å². The lowest BCUT2D eigenvalue weighted by Crippen LogP contribution is -2.32. The van der Waals surface area contributed by atoms with Gasteiger partial charge in [0.25, 0.3) is 0 Å². The highest BCUT2D eigenvalue weighted by atomic mass is 15.1. The van der Waals surface area contributed by atoms with Gasteiger partial charge in [-0.3, -0.25) is 0 Å². The Morgan fingerprint density at radius 3 is 1.77 bits per heavy atom. The van der Waals surface area contributed by atoms with Crippen molar-refractivity contribution in [2.45, 2.75) is 50.4 Å². The molecule has 0 aliphatic heterocycles. The van der Waals surface area contributed by atoms with Crippen molar-refractivity contribution in [1.82, 2.24) is 0 Å². The van der Waals surface area contributed by atoms with Gasteiger partial charge >= 0.3 is 0 Å². The molecule has 12 rings (SSSR count). The van der Waals surface area contributed by atoms with Crippen LogP contribution in [0.15, 0.2) is 176 Å². The Labute approximate surface area is 336 Å². The molecule has 274 valence electrons. The average Bonchev–Trinajstić information content (AvgIpc) is 4.01. The van der Waals surface area contributed by atoms with Crippen molar-refractivity contribution in [2.75, 3.05) is 4.90 Å². The lowest BCUT2D eigenvalue weighted by Gasteiger charge is -2.37. The minimum atomic E-state index is -0.0896. The van der Waals surface area contributed by atoms with Crippen molar-refractivity contribution in [2.24, 2.45) is 11.8 Å². The number of hydrogen-bond acceptors (Lipinski definition) is 1. The fourth-order valence-electron chi connectivity index (χ4n) is 12.1. The van der Waals surface area contributed by atoms with E-state index in [1.54, 1.807) is 11.1 Å². The van der Waals surface area contributed by atoms with E-state index in [0.29, 0.717) is 0 Å². The first kappa shape index (κ1) is 33.0. The molecule has 1 spiro atoms. The van der Waals surface area contributed by atoms with Crippen LogP contribution in [0, 0.1) is 11.8 Å². The van der Waals surface area contributed by atoms with Crippen LogP contribution in [-0.2, 0) is 10.8 Å². The van der Waals surface area contributed by atoms with Crippen molar-refractivity contribution < 1.29 is 0 Å². The Kier molecular flexibility index (Phi) is 7.04. The van der Waals surface area contributed by atoms with E-state index in [1.807, 2.05) is 0 Å². The van der Waals surface area contributed by atoms with E-state index >= 15 is 0 Å². The minimum Gasteiger partial charge on any atom is -0.310 e. The Hall–Kier alpha value is -6.18. The second kappa shape index (κ2) is 12.2. The molecule has 3 atom stereocenters. The summed E-state index contributed by atoms with van der Waals surface area (Å²) < 4.78 is 0. The molecule has 2 saturated carbocycles. The second-order valence-corrected chi connectivity index (χ2v) is 17.7. The molecule has 57 heavy (non-hydrogen) atoms. The van der Waals surface area contributed by atoms with Crippen molar-refractivity contribution in [3.63, 3.8) is 0 Å². The summed E-state index contributed by atoms with van der Waals surface area (Å²) in [7, 11) is 0. The van der Waals surface area contributed by atoms with E-state index < -0.39 is 0 Å². The highest BCUT2D eigenvalue weighted by molar-refractivity contribution is 5.94. The molecule has 2 fully saturated rings. The monoisotopic (exact) mass is 731 g/mol. The third-order valence-corrected chi connectivity index (χ3v) is 14.5. The minimum absolute atomic E-state index is 0.0896. The molecule has 3 unspecified atom stereocenters. The van der Waals surface area contributed by atoms with Crippen LogP contribution < -0.4 is 4.90 Å². The van der Waals surface area contributed by atoms with E-state index in [4.69, 9.17) is 0 Å². The standard InChI is InChI=1S/C56H45N/c1-55(2)51-20-9-7-17-47(51)50-19-11-18-49(54(50)55)45-15-6-5-14-44(45)38-24-27-41(28-25-38)57(42-29-23-37-12-3-4-13-39(37)33-42)43-30-31-48-46-16-8-10-21-52(46)56(53(48)34-43)35-36-22-26-40(56)32-36/h3-21,23-25,27-31,33-34,36,40H,22,26,32,35H2,1-2H3. The lowest BCUT2D eigenvalue weighted by atomic mass is 9.67. The Morgan fingerprint density at radius 1 is 0.439 bits per heavy atom. The van der Waals surface area contributed by atoms with Crippen molar-refractivity contribution in [1.29, 1.82) is 0 Å². The largest absolute Gasteiger partial charge is 0.310 e. The topological polar surface area (TPSA) is 3.24 Å². The molecule has 0 heterocycles. The van der Waals surface area contributed by atoms with Gasteiger partial charge in [-0.05, 0) is 145 Å². The molecule has 0 saturated heterocycles. The molecule has 8 aromatic carbocycles. The van der Waals surface area contributed by atoms with Gasteiger partial charge in [-0.25, -0.2) is 0 Å². The molecule has 0 amide bonds. The number of fused-ring (bicyclic) bond motifs is 12. The second-order valence-electron chi connectivity index (χ2n) is 17.7. The first-order valence-electron chi connectivity index (χ1n) is 21.0. The molecule has 0 radical (unpaired) electrons. The Bertz CT molecular complexity index is 2910. The molecule has 1 nitrogen and oxygen atoms in total. The maximum absolute atomic E-state index is 2.57. The number of rotatable bonds is 5. The quantitative estimate of drug-likeness (QED) is 0.170. The normalized spacial score (nSPS) is 20.4. The number of anilines is 3. The van der Waals surface area contributed by atoms with E-state index in [1.165, 1.54) is 109 Å². The summed E-state index contributed by atoms with van der Waals surface area (Å²) >= 11 is 0. The van der Waals surface area contributed by atoms with Crippen LogP contribution in [0.25, 0.3) is 55.3 Å². The summed E-state index contributed by atoms with van der Waals surface area (Å²) in [5.74, 6) is 1.56. The molecule has 0 N–H and O–H groups in total. The van der Waals surface area contributed by atoms with Crippen molar-refractivity contribution in [3.8, 4) is 44.5 Å². The maximum Gasteiger partial charge on any atom is 0.0468 e. The molecule has 4 aliphatic carbocycles. The lowest BCUT2D eigenvalue weighted by molar-refractivity contribution is 0.327. The fraction of sp³-hybridized carbons (Fsp3) is 0.179. The summed E-state index contributed by atoms with van der Waals surface area (Å²) in [6, 6.07) is 66.5. The highest BCUT2D eigenvalue weighted by Crippen LogP contribution is 2.66. The van der Waals surface area contributed by atoms with Crippen molar-refractivity contribution in [3.05, 3.63) is 198 Å². The van der Waals surface area contributed by atoms with Crippen LogP contribution in [-0.4, -0.2) is 0 Å². The molecular weight excluding hydrogens is 687 g/mol. The summed E-state index contributed by atoms with van der Waals surface area (Å²) in [5, 5.41) is 2.52. The third-order valence-electron chi connectivity index (χ3n) is 14.5. The SMILES string of the molecule is CC1(C)c2ccccc2-c2cccc(-c3ccccc3-c3ccc(N(c4ccc5c(c4)C4(CC6CCC4C6)c4ccccc4-5)c4ccc5ccccc5c4)cc3)c21. The molecule has 8 aromatic rings. The molecule has 4 aliphatic rings. The zero-order valence-electron chi connectivity index (χ0n) is 32.7. The van der Waals surface area contributed by atoms with E-state index in [-0.39, 0.29) is 10.8 Å². The van der Waals surface area contributed by atoms with E-state index in [0.717, 1.165) is 11.8 Å². The summed E-state index contributed by atoms with van der Waals surface area (Å²) in [6.45, 7) is 4.77. The molecule has 1 heteroatoms. The Morgan fingerprint density at radius 2 is 1.02 bits per heavy atom. The fourth-order valence-corrected chi connectivity index (χ4v) is 12.1. The van der Waals surface area contributed by atoms with Crippen LogP contribution in [0.4, 0.5) is 17.1 Å². The summed E-state index contributed by atoms with van der Waals surface area (Å²) in [6.07, 6.45) is 5.38. The predicted octanol–water partition coefficient (Wildman–Crippen LogP) is 15.0. The van der Waals surface area contributed by atoms with Gasteiger partial charge in [-0.15, -0.1) is 0 Å². The third kappa shape index (κ3) is 4.69. The van der Waals surface area contributed by atoms with Crippen LogP contribution in [0.5, 0.6) is 0 Å². The molecule has 2 bridgehead atoms. The van der Waals surface area contributed by atoms with Gasteiger partial charge in [0, 0.05) is 27.9 Å². The van der Waals surface area contributed by atoms with Gasteiger partial charge in [0.1, 0.15) is 0 Å². The first-order valence-corrected chi connectivity index (χ1v) is 21.0. The highest BCUT2D eigenvalue weighted by Gasteiger charge is 2.56. The molecule has 0 aromatic heterocycles. The summed E-state index contributed by atoms with van der Waals surface area (Å²) in [5.41, 5.74) is 20.2. The smallest absolute Gasteiger partial charge is 0.0468 e. The van der Waals surface area contributed by atoms with Crippen LogP contribution >= 0.6 is 0 Å². The zero-order chi connectivity index (χ0) is 37.9. The van der Waals surface area contributed by atoms with Gasteiger partial charge in [-0.1, -0.05) is 160 Å². The maximum atomic E-state index is 2.57. The number of nitrogens with zero attached hydrogens (tertiary/aromatic N) is 1. The van der Waals surface area contributed by atoms with Gasteiger partial charge in [0.05, 0.1) is 0 Å². The van der Waals surface area contributed by atoms with Crippen LogP contribution in [0.1, 0.15) is 61.8 Å². The average molecular weight is 732 g/mol. The van der Waals surface area contributed by atoms with Crippen LogP contribution in [0.2, 0.25) is 0 Å². The van der Waals surface area contributed by atoms with Gasteiger partial charge < -0.3 is 4.90 Å². The Balaban J connectivity index is 0.991. The van der Waals surface area contributed by atoms with Crippen molar-refractivity contribution >= 4 is 27.8 Å². The van der Waals surface area contributed by atoms with Crippen LogP contribution in [0.3, 0.4) is 0 Å². The predicted molar refractivity (Wildman–Crippen MR) is 239 cm³/mol. The van der Waals surface area contributed by atoms with Gasteiger partial charge in [0.2, 0.25) is 0 Å². The zero-order valence-corrected chi connectivity index (χ0v) is 32.7. The molecular formula is C56H45N. The number of hydrogen-bond donors (Lipinski definition) is 0. The number of benzene rings is 8. The van der Waals surface area contributed by atoms with Gasteiger partial charge in [0.15, 0.2) is 0 Å². The van der Waals surface area contributed by atoms with E-state index in [9.17, 15) is 0 Å². The van der Waals surface area contributed by atoms with E-state index in [2.05, 4.69) is 195 Å². The summed E-state index contributed by atoms with van der Waals surface area (Å²) in [4.78, 5) is 2.50.